The molecule has 0 fully saturated rings. The first kappa shape index (κ1) is 19.5. The van der Waals surface area contributed by atoms with E-state index in [9.17, 15) is 4.79 Å². The van der Waals surface area contributed by atoms with Crippen LogP contribution in [-0.2, 0) is 0 Å². The monoisotopic (exact) mass is 376 g/mol. The lowest BCUT2D eigenvalue weighted by Gasteiger charge is -2.19. The Morgan fingerprint density at radius 3 is 2.71 bits per heavy atom. The summed E-state index contributed by atoms with van der Waals surface area (Å²) in [5, 5.41) is 13.2. The van der Waals surface area contributed by atoms with Gasteiger partial charge in [0, 0.05) is 29.7 Å². The largest absolute Gasteiger partial charge is 0.392 e. The SMILES string of the molecule is CCN(CC)C(=O)c1cccc(Nc2ncnc3ccc(/C=C/CO)cc23)c1. The third kappa shape index (κ3) is 4.35. The van der Waals surface area contributed by atoms with Crippen molar-refractivity contribution in [2.45, 2.75) is 13.8 Å². The predicted octanol–water partition coefficient (Wildman–Crippen LogP) is 3.86. The van der Waals surface area contributed by atoms with E-state index in [2.05, 4.69) is 15.3 Å². The van der Waals surface area contributed by atoms with E-state index in [0.29, 0.717) is 24.5 Å². The molecule has 144 valence electrons. The van der Waals surface area contributed by atoms with Crippen LogP contribution in [0.15, 0.2) is 54.9 Å². The Bertz CT molecular complexity index is 997. The zero-order valence-electron chi connectivity index (χ0n) is 16.1. The van der Waals surface area contributed by atoms with Crippen LogP contribution in [0, 0.1) is 0 Å². The van der Waals surface area contributed by atoms with Crippen LogP contribution < -0.4 is 5.32 Å². The van der Waals surface area contributed by atoms with Crippen molar-refractivity contribution in [2.75, 3.05) is 25.0 Å². The second-order valence-electron chi connectivity index (χ2n) is 6.27. The quantitative estimate of drug-likeness (QED) is 0.655. The number of hydrogen-bond acceptors (Lipinski definition) is 5. The molecule has 0 unspecified atom stereocenters. The minimum atomic E-state index is -0.0121. The van der Waals surface area contributed by atoms with Crippen molar-refractivity contribution < 1.29 is 9.90 Å². The molecule has 1 aromatic heterocycles. The highest BCUT2D eigenvalue weighted by Gasteiger charge is 2.13. The van der Waals surface area contributed by atoms with E-state index in [0.717, 1.165) is 22.2 Å². The molecule has 0 saturated carbocycles. The number of rotatable bonds is 7. The van der Waals surface area contributed by atoms with Crippen LogP contribution in [-0.4, -0.2) is 45.6 Å². The first-order valence-corrected chi connectivity index (χ1v) is 9.34. The second kappa shape index (κ2) is 9.10. The molecule has 2 N–H and O–H groups in total. The topological polar surface area (TPSA) is 78.4 Å². The molecule has 3 rings (SSSR count). The minimum Gasteiger partial charge on any atom is -0.392 e. The van der Waals surface area contributed by atoms with Gasteiger partial charge in [0.1, 0.15) is 12.1 Å². The molecule has 1 heterocycles. The van der Waals surface area contributed by atoms with Gasteiger partial charge in [0.05, 0.1) is 12.1 Å². The van der Waals surface area contributed by atoms with Crippen LogP contribution >= 0.6 is 0 Å². The number of carbonyl (C=O) groups excluding carboxylic acids is 1. The van der Waals surface area contributed by atoms with Gasteiger partial charge < -0.3 is 15.3 Å². The van der Waals surface area contributed by atoms with E-state index >= 15 is 0 Å². The average Bonchev–Trinajstić information content (AvgIpc) is 2.73. The predicted molar refractivity (Wildman–Crippen MR) is 113 cm³/mol. The zero-order chi connectivity index (χ0) is 19.9. The number of hydrogen-bond donors (Lipinski definition) is 2. The number of benzene rings is 2. The van der Waals surface area contributed by atoms with Gasteiger partial charge in [-0.05, 0) is 49.7 Å². The number of amides is 1. The first-order valence-electron chi connectivity index (χ1n) is 9.34. The summed E-state index contributed by atoms with van der Waals surface area (Å²) in [5.41, 5.74) is 3.19. The normalized spacial score (nSPS) is 11.1. The fraction of sp³-hybridized carbons (Fsp3) is 0.227. The molecule has 0 saturated heterocycles. The number of aliphatic hydroxyl groups is 1. The molecule has 3 aromatic rings. The van der Waals surface area contributed by atoms with Crippen LogP contribution in [0.5, 0.6) is 0 Å². The third-order valence-electron chi connectivity index (χ3n) is 4.50. The highest BCUT2D eigenvalue weighted by Crippen LogP contribution is 2.25. The summed E-state index contributed by atoms with van der Waals surface area (Å²) in [4.78, 5) is 23.1. The molecule has 28 heavy (non-hydrogen) atoms. The van der Waals surface area contributed by atoms with Gasteiger partial charge in [0.2, 0.25) is 0 Å². The Balaban J connectivity index is 1.93. The Hall–Kier alpha value is -3.25. The summed E-state index contributed by atoms with van der Waals surface area (Å²) >= 11 is 0. The van der Waals surface area contributed by atoms with E-state index < -0.39 is 0 Å². The molecule has 2 aromatic carbocycles. The Morgan fingerprint density at radius 2 is 1.96 bits per heavy atom. The maximum absolute atomic E-state index is 12.6. The van der Waals surface area contributed by atoms with E-state index in [1.807, 2.05) is 62.4 Å². The van der Waals surface area contributed by atoms with Gasteiger partial charge in [-0.25, -0.2) is 9.97 Å². The van der Waals surface area contributed by atoms with Crippen molar-refractivity contribution in [2.24, 2.45) is 0 Å². The molecule has 0 aliphatic rings. The molecule has 6 nitrogen and oxygen atoms in total. The van der Waals surface area contributed by atoms with E-state index in [-0.39, 0.29) is 12.5 Å². The Morgan fingerprint density at radius 1 is 1.14 bits per heavy atom. The minimum absolute atomic E-state index is 0.0117. The van der Waals surface area contributed by atoms with E-state index in [1.54, 1.807) is 11.0 Å². The van der Waals surface area contributed by atoms with Gasteiger partial charge in [-0.3, -0.25) is 4.79 Å². The Kier molecular flexibility index (Phi) is 6.34. The van der Waals surface area contributed by atoms with Gasteiger partial charge in [0.25, 0.3) is 5.91 Å². The van der Waals surface area contributed by atoms with Crippen LogP contribution in [0.3, 0.4) is 0 Å². The summed E-state index contributed by atoms with van der Waals surface area (Å²) < 4.78 is 0. The van der Waals surface area contributed by atoms with Gasteiger partial charge in [-0.1, -0.05) is 24.3 Å². The highest BCUT2D eigenvalue weighted by molar-refractivity contribution is 5.96. The number of nitrogens with zero attached hydrogens (tertiary/aromatic N) is 3. The summed E-state index contributed by atoms with van der Waals surface area (Å²) in [6.07, 6.45) is 5.04. The third-order valence-corrected chi connectivity index (χ3v) is 4.50. The molecule has 0 radical (unpaired) electrons. The first-order chi connectivity index (χ1) is 13.7. The van der Waals surface area contributed by atoms with Gasteiger partial charge >= 0.3 is 0 Å². The lowest BCUT2D eigenvalue weighted by atomic mass is 10.1. The maximum atomic E-state index is 12.6. The second-order valence-corrected chi connectivity index (χ2v) is 6.27. The molecule has 0 atom stereocenters. The number of nitrogens with one attached hydrogen (secondary N) is 1. The molecular weight excluding hydrogens is 352 g/mol. The molecule has 6 heteroatoms. The number of aromatic nitrogens is 2. The smallest absolute Gasteiger partial charge is 0.253 e. The molecule has 0 aliphatic carbocycles. The van der Waals surface area contributed by atoms with E-state index in [1.165, 1.54) is 6.33 Å². The van der Waals surface area contributed by atoms with Crippen LogP contribution in [0.2, 0.25) is 0 Å². The van der Waals surface area contributed by atoms with Crippen molar-refractivity contribution >= 4 is 34.4 Å². The summed E-state index contributed by atoms with van der Waals surface area (Å²) in [6, 6.07) is 13.2. The molecule has 0 spiro atoms. The standard InChI is InChI=1S/C22H24N4O2/c1-3-26(4-2)22(28)17-8-5-9-18(14-17)25-21-19-13-16(7-6-12-27)10-11-20(19)23-15-24-21/h5-11,13-15,27H,3-4,12H2,1-2H3,(H,23,24,25)/b7-6+. The fourth-order valence-corrected chi connectivity index (χ4v) is 3.03. The summed E-state index contributed by atoms with van der Waals surface area (Å²) in [5.74, 6) is 0.675. The van der Waals surface area contributed by atoms with Crippen molar-refractivity contribution in [3.63, 3.8) is 0 Å². The van der Waals surface area contributed by atoms with Crippen LogP contribution in [0.4, 0.5) is 11.5 Å². The summed E-state index contributed by atoms with van der Waals surface area (Å²) in [7, 11) is 0. The van der Waals surface area contributed by atoms with Gasteiger partial charge in [-0.15, -0.1) is 0 Å². The molecule has 0 aliphatic heterocycles. The van der Waals surface area contributed by atoms with Crippen LogP contribution in [0.25, 0.3) is 17.0 Å². The van der Waals surface area contributed by atoms with Crippen molar-refractivity contribution in [3.05, 3.63) is 66.0 Å². The van der Waals surface area contributed by atoms with Gasteiger partial charge in [-0.2, -0.15) is 0 Å². The number of anilines is 2. The van der Waals surface area contributed by atoms with Gasteiger partial charge in [0.15, 0.2) is 0 Å². The Labute approximate surface area is 164 Å². The molecular formula is C22H24N4O2. The molecule has 1 amide bonds. The fourth-order valence-electron chi connectivity index (χ4n) is 3.03. The highest BCUT2D eigenvalue weighted by atomic mass is 16.2. The number of aliphatic hydroxyl groups excluding tert-OH is 1. The maximum Gasteiger partial charge on any atom is 0.253 e. The van der Waals surface area contributed by atoms with Crippen LogP contribution in [0.1, 0.15) is 29.8 Å². The average molecular weight is 376 g/mol. The van der Waals surface area contributed by atoms with Crippen molar-refractivity contribution in [1.29, 1.82) is 0 Å². The van der Waals surface area contributed by atoms with E-state index in [4.69, 9.17) is 5.11 Å². The zero-order valence-corrected chi connectivity index (χ0v) is 16.1. The van der Waals surface area contributed by atoms with Crippen molar-refractivity contribution in [1.82, 2.24) is 14.9 Å². The summed E-state index contributed by atoms with van der Waals surface area (Å²) in [6.45, 7) is 5.28. The lowest BCUT2D eigenvalue weighted by Crippen LogP contribution is -2.30. The van der Waals surface area contributed by atoms with Crippen molar-refractivity contribution in [3.8, 4) is 0 Å². The molecule has 0 bridgehead atoms. The number of fused-ring (bicyclic) bond motifs is 1. The number of carbonyl (C=O) groups is 1. The lowest BCUT2D eigenvalue weighted by molar-refractivity contribution is 0.0773.